The van der Waals surface area contributed by atoms with Crippen molar-refractivity contribution in [1.29, 1.82) is 0 Å². The fourth-order valence-corrected chi connectivity index (χ4v) is 1.34. The van der Waals surface area contributed by atoms with Crippen molar-refractivity contribution in [1.82, 2.24) is 9.97 Å². The van der Waals surface area contributed by atoms with E-state index in [9.17, 15) is 4.79 Å². The molecule has 0 saturated heterocycles. The van der Waals surface area contributed by atoms with Crippen LogP contribution in [0.4, 0.5) is 5.69 Å². The number of nitrogens with two attached hydrogens (primary N) is 1. The summed E-state index contributed by atoms with van der Waals surface area (Å²) >= 11 is 0. The zero-order chi connectivity index (χ0) is 12.3. The second kappa shape index (κ2) is 4.65. The summed E-state index contributed by atoms with van der Waals surface area (Å²) in [6.45, 7) is 2.27. The summed E-state index contributed by atoms with van der Waals surface area (Å²) in [4.78, 5) is 18.8. The Bertz CT molecular complexity index is 536. The molecule has 1 amide bonds. The van der Waals surface area contributed by atoms with E-state index in [-0.39, 0.29) is 5.69 Å². The molecule has 0 atom stereocenters. The molecule has 3 N–H and O–H groups in total. The Morgan fingerprint density at radius 1 is 1.53 bits per heavy atom. The average Bonchev–Trinajstić information content (AvgIpc) is 2.73. The van der Waals surface area contributed by atoms with E-state index in [4.69, 9.17) is 10.2 Å². The Kier molecular flexibility index (Phi) is 3.04. The van der Waals surface area contributed by atoms with E-state index in [0.29, 0.717) is 12.4 Å². The fourth-order valence-electron chi connectivity index (χ4n) is 1.34. The second-order valence-electron chi connectivity index (χ2n) is 3.51. The molecule has 2 rings (SSSR count). The molecule has 6 heteroatoms. The van der Waals surface area contributed by atoms with Crippen molar-refractivity contribution in [3.05, 3.63) is 41.9 Å². The molecule has 0 aromatic carbocycles. The number of aromatic nitrogens is 2. The van der Waals surface area contributed by atoms with Crippen LogP contribution in [0.25, 0.3) is 0 Å². The Labute approximate surface area is 97.9 Å². The Morgan fingerprint density at radius 3 is 3.00 bits per heavy atom. The number of pyridine rings is 1. The first kappa shape index (κ1) is 11.1. The summed E-state index contributed by atoms with van der Waals surface area (Å²) < 4.78 is 5.30. The summed E-state index contributed by atoms with van der Waals surface area (Å²) in [7, 11) is 0. The smallest absolute Gasteiger partial charge is 0.267 e. The number of primary amides is 1. The van der Waals surface area contributed by atoms with Crippen LogP contribution in [0.15, 0.2) is 28.9 Å². The molecule has 0 aliphatic carbocycles. The maximum absolute atomic E-state index is 10.9. The number of amides is 1. The lowest BCUT2D eigenvalue weighted by Gasteiger charge is -2.04. The molecule has 0 aliphatic heterocycles. The minimum atomic E-state index is -0.555. The minimum Gasteiger partial charge on any atom is -0.444 e. The van der Waals surface area contributed by atoms with Crippen LogP contribution in [-0.2, 0) is 6.54 Å². The predicted octanol–water partition coefficient (Wildman–Crippen LogP) is 1.09. The number of carbonyl (C=O) groups is 1. The molecule has 2 heterocycles. The molecule has 2 aromatic heterocycles. The maximum Gasteiger partial charge on any atom is 0.267 e. The summed E-state index contributed by atoms with van der Waals surface area (Å²) in [5.74, 6) is 0.787. The van der Waals surface area contributed by atoms with E-state index in [1.54, 1.807) is 18.3 Å². The molecule has 88 valence electrons. The topological polar surface area (TPSA) is 94.0 Å². The van der Waals surface area contributed by atoms with Crippen LogP contribution in [0, 0.1) is 6.92 Å². The Balaban J connectivity index is 2.04. The van der Waals surface area contributed by atoms with E-state index >= 15 is 0 Å². The molecule has 0 saturated carbocycles. The first-order chi connectivity index (χ1) is 8.15. The number of carbonyl (C=O) groups excluding carboxylic acids is 1. The first-order valence-corrected chi connectivity index (χ1v) is 5.06. The zero-order valence-corrected chi connectivity index (χ0v) is 9.30. The highest BCUT2D eigenvalue weighted by Gasteiger charge is 2.04. The van der Waals surface area contributed by atoms with Gasteiger partial charge in [-0.2, -0.15) is 0 Å². The van der Waals surface area contributed by atoms with Gasteiger partial charge in [-0.1, -0.05) is 0 Å². The number of nitrogens with zero attached hydrogens (tertiary/aromatic N) is 2. The molecular weight excluding hydrogens is 220 g/mol. The fraction of sp³-hybridized carbons (Fsp3) is 0.182. The van der Waals surface area contributed by atoms with Crippen molar-refractivity contribution in [3.8, 4) is 0 Å². The monoisotopic (exact) mass is 232 g/mol. The molecule has 0 fully saturated rings. The highest BCUT2D eigenvalue weighted by atomic mass is 16.4. The van der Waals surface area contributed by atoms with Gasteiger partial charge >= 0.3 is 0 Å². The molecule has 0 bridgehead atoms. The number of aryl methyl sites for hydroxylation is 1. The highest BCUT2D eigenvalue weighted by Crippen LogP contribution is 2.10. The van der Waals surface area contributed by atoms with Crippen molar-refractivity contribution in [3.63, 3.8) is 0 Å². The van der Waals surface area contributed by atoms with Crippen molar-refractivity contribution in [2.24, 2.45) is 5.73 Å². The van der Waals surface area contributed by atoms with Crippen LogP contribution in [-0.4, -0.2) is 15.9 Å². The van der Waals surface area contributed by atoms with Gasteiger partial charge in [-0.25, -0.2) is 4.98 Å². The minimum absolute atomic E-state index is 0.221. The normalized spacial score (nSPS) is 10.2. The number of nitrogens with one attached hydrogen (secondary N) is 1. The first-order valence-electron chi connectivity index (χ1n) is 5.06. The van der Waals surface area contributed by atoms with Crippen molar-refractivity contribution in [2.75, 3.05) is 5.32 Å². The van der Waals surface area contributed by atoms with Gasteiger partial charge in [0.25, 0.3) is 5.91 Å². The van der Waals surface area contributed by atoms with Gasteiger partial charge in [0.2, 0.25) is 5.89 Å². The van der Waals surface area contributed by atoms with Gasteiger partial charge in [-0.05, 0) is 19.1 Å². The summed E-state index contributed by atoms with van der Waals surface area (Å²) in [6.07, 6.45) is 3.17. The van der Waals surface area contributed by atoms with Crippen molar-refractivity contribution in [2.45, 2.75) is 13.5 Å². The van der Waals surface area contributed by atoms with Crippen LogP contribution in [0.1, 0.15) is 22.1 Å². The molecule has 0 aliphatic rings. The van der Waals surface area contributed by atoms with Gasteiger partial charge < -0.3 is 15.5 Å². The van der Waals surface area contributed by atoms with E-state index in [1.165, 1.54) is 6.20 Å². The molecule has 0 spiro atoms. The lowest BCUT2D eigenvalue weighted by molar-refractivity contribution is 0.0995. The number of anilines is 1. The summed E-state index contributed by atoms with van der Waals surface area (Å²) in [6, 6.07) is 3.32. The van der Waals surface area contributed by atoms with Crippen LogP contribution in [0.2, 0.25) is 0 Å². The van der Waals surface area contributed by atoms with Gasteiger partial charge in [0, 0.05) is 11.9 Å². The van der Waals surface area contributed by atoms with Crippen molar-refractivity contribution < 1.29 is 9.21 Å². The van der Waals surface area contributed by atoms with Crippen LogP contribution >= 0.6 is 0 Å². The Morgan fingerprint density at radius 2 is 2.35 bits per heavy atom. The molecule has 17 heavy (non-hydrogen) atoms. The second-order valence-corrected chi connectivity index (χ2v) is 3.51. The lowest BCUT2D eigenvalue weighted by atomic mass is 10.3. The number of rotatable bonds is 4. The number of hydrogen-bond donors (Lipinski definition) is 2. The van der Waals surface area contributed by atoms with Gasteiger partial charge in [0.15, 0.2) is 0 Å². The average molecular weight is 232 g/mol. The largest absolute Gasteiger partial charge is 0.444 e. The third-order valence-corrected chi connectivity index (χ3v) is 2.13. The van der Waals surface area contributed by atoms with E-state index in [1.807, 2.05) is 6.92 Å². The SMILES string of the molecule is Cc1cnc(CNc2ccnc(C(N)=O)c2)o1. The van der Waals surface area contributed by atoms with Crippen molar-refractivity contribution >= 4 is 11.6 Å². The third-order valence-electron chi connectivity index (χ3n) is 2.13. The third kappa shape index (κ3) is 2.81. The number of oxazole rings is 1. The van der Waals surface area contributed by atoms with Gasteiger partial charge in [0.05, 0.1) is 12.7 Å². The van der Waals surface area contributed by atoms with Crippen LogP contribution in [0.3, 0.4) is 0 Å². The van der Waals surface area contributed by atoms with Gasteiger partial charge in [0.1, 0.15) is 11.5 Å². The predicted molar refractivity (Wildman–Crippen MR) is 61.3 cm³/mol. The van der Waals surface area contributed by atoms with Gasteiger partial charge in [-0.15, -0.1) is 0 Å². The lowest BCUT2D eigenvalue weighted by Crippen LogP contribution is -2.13. The van der Waals surface area contributed by atoms with Crippen LogP contribution < -0.4 is 11.1 Å². The summed E-state index contributed by atoms with van der Waals surface area (Å²) in [5.41, 5.74) is 6.09. The number of hydrogen-bond acceptors (Lipinski definition) is 5. The quantitative estimate of drug-likeness (QED) is 0.822. The Hall–Kier alpha value is -2.37. The van der Waals surface area contributed by atoms with E-state index in [0.717, 1.165) is 11.4 Å². The highest BCUT2D eigenvalue weighted by molar-refractivity contribution is 5.91. The zero-order valence-electron chi connectivity index (χ0n) is 9.30. The molecule has 0 unspecified atom stereocenters. The maximum atomic E-state index is 10.9. The summed E-state index contributed by atoms with van der Waals surface area (Å²) in [5, 5.41) is 3.07. The molecule has 6 nitrogen and oxygen atoms in total. The van der Waals surface area contributed by atoms with Crippen LogP contribution in [0.5, 0.6) is 0 Å². The molecule has 0 radical (unpaired) electrons. The molecule has 2 aromatic rings. The molecular formula is C11H12N4O2. The van der Waals surface area contributed by atoms with E-state index < -0.39 is 5.91 Å². The van der Waals surface area contributed by atoms with E-state index in [2.05, 4.69) is 15.3 Å². The van der Waals surface area contributed by atoms with Gasteiger partial charge in [-0.3, -0.25) is 9.78 Å². The standard InChI is InChI=1S/C11H12N4O2/c1-7-5-15-10(17-7)6-14-8-2-3-13-9(4-8)11(12)16/h2-5H,6H2,1H3,(H2,12,16)(H,13,14).